The molecule has 1 aromatic heterocycles. The molecule has 1 rings (SSSR count). The Hall–Kier alpha value is -1.07. The summed E-state index contributed by atoms with van der Waals surface area (Å²) < 4.78 is 0. The van der Waals surface area contributed by atoms with E-state index in [4.69, 9.17) is 0 Å². The minimum Gasteiger partial charge on any atom is -0.236 e. The molecular formula is C8H7NS. The van der Waals surface area contributed by atoms with Crippen LogP contribution in [0.15, 0.2) is 23.7 Å². The summed E-state index contributed by atoms with van der Waals surface area (Å²) in [5, 5.41) is 2.76. The van der Waals surface area contributed by atoms with E-state index in [1.807, 2.05) is 12.3 Å². The molecule has 1 heterocycles. The molecule has 0 saturated heterocycles. The van der Waals surface area contributed by atoms with E-state index in [2.05, 4.69) is 23.4 Å². The van der Waals surface area contributed by atoms with Crippen molar-refractivity contribution in [3.8, 4) is 11.8 Å². The lowest BCUT2D eigenvalue weighted by Gasteiger charge is -1.75. The average molecular weight is 149 g/mol. The highest BCUT2D eigenvalue weighted by Gasteiger charge is 1.84. The standard InChI is InChI=1S/C8H7NS/c1-7(2)3-4-8-9-5-6-10-8/h5-6H,1H2,2H3. The summed E-state index contributed by atoms with van der Waals surface area (Å²) in [6, 6.07) is 0. The molecule has 0 aliphatic heterocycles. The van der Waals surface area contributed by atoms with Crippen molar-refractivity contribution in [1.29, 1.82) is 0 Å². The highest BCUT2D eigenvalue weighted by molar-refractivity contribution is 7.10. The maximum Gasteiger partial charge on any atom is 0.167 e. The van der Waals surface area contributed by atoms with Crippen molar-refractivity contribution in [2.75, 3.05) is 0 Å². The molecule has 0 radical (unpaired) electrons. The van der Waals surface area contributed by atoms with Crippen LogP contribution < -0.4 is 0 Å². The average Bonchev–Trinajstić information content (AvgIpc) is 2.34. The van der Waals surface area contributed by atoms with Gasteiger partial charge in [-0.05, 0) is 18.4 Å². The van der Waals surface area contributed by atoms with Crippen LogP contribution in [0.1, 0.15) is 11.9 Å². The SMILES string of the molecule is C=C(C)C#Cc1nccs1. The Bertz CT molecular complexity index is 274. The first-order valence-corrected chi connectivity index (χ1v) is 3.74. The molecule has 1 aromatic rings. The van der Waals surface area contributed by atoms with Gasteiger partial charge in [0.1, 0.15) is 0 Å². The molecule has 0 bridgehead atoms. The maximum atomic E-state index is 3.99. The second kappa shape index (κ2) is 3.19. The number of allylic oxidation sites excluding steroid dienone is 1. The summed E-state index contributed by atoms with van der Waals surface area (Å²) in [5.41, 5.74) is 0.871. The van der Waals surface area contributed by atoms with Gasteiger partial charge in [-0.15, -0.1) is 11.3 Å². The summed E-state index contributed by atoms with van der Waals surface area (Å²) in [7, 11) is 0. The molecular weight excluding hydrogens is 142 g/mol. The van der Waals surface area contributed by atoms with E-state index in [1.165, 1.54) is 11.3 Å². The zero-order chi connectivity index (χ0) is 7.40. The summed E-state index contributed by atoms with van der Waals surface area (Å²) in [5.74, 6) is 5.73. The van der Waals surface area contributed by atoms with Crippen LogP contribution in [0, 0.1) is 11.8 Å². The predicted octanol–water partition coefficient (Wildman–Crippen LogP) is 2.07. The molecule has 0 aliphatic carbocycles. The fourth-order valence-corrected chi connectivity index (χ4v) is 0.928. The molecule has 0 amide bonds. The predicted molar refractivity (Wildman–Crippen MR) is 43.8 cm³/mol. The van der Waals surface area contributed by atoms with Crippen molar-refractivity contribution in [1.82, 2.24) is 4.98 Å². The lowest BCUT2D eigenvalue weighted by molar-refractivity contribution is 1.39. The van der Waals surface area contributed by atoms with Gasteiger partial charge in [0.15, 0.2) is 5.01 Å². The Morgan fingerprint density at radius 1 is 1.80 bits per heavy atom. The Morgan fingerprint density at radius 3 is 3.10 bits per heavy atom. The van der Waals surface area contributed by atoms with E-state index in [9.17, 15) is 0 Å². The van der Waals surface area contributed by atoms with Crippen LogP contribution in [-0.4, -0.2) is 4.98 Å². The molecule has 1 nitrogen and oxygen atoms in total. The van der Waals surface area contributed by atoms with Crippen molar-refractivity contribution < 1.29 is 0 Å². The zero-order valence-electron chi connectivity index (χ0n) is 5.72. The van der Waals surface area contributed by atoms with Crippen LogP contribution in [0.3, 0.4) is 0 Å². The van der Waals surface area contributed by atoms with E-state index >= 15 is 0 Å². The van der Waals surface area contributed by atoms with Gasteiger partial charge < -0.3 is 0 Å². The van der Waals surface area contributed by atoms with Gasteiger partial charge in [-0.2, -0.15) is 0 Å². The number of hydrogen-bond donors (Lipinski definition) is 0. The monoisotopic (exact) mass is 149 g/mol. The zero-order valence-corrected chi connectivity index (χ0v) is 6.53. The molecule has 2 heteroatoms. The fourth-order valence-electron chi connectivity index (χ4n) is 0.445. The fraction of sp³-hybridized carbons (Fsp3) is 0.125. The third kappa shape index (κ3) is 2.04. The van der Waals surface area contributed by atoms with Gasteiger partial charge >= 0.3 is 0 Å². The van der Waals surface area contributed by atoms with E-state index in [0.717, 1.165) is 10.6 Å². The van der Waals surface area contributed by atoms with Gasteiger partial charge in [0.25, 0.3) is 0 Å². The molecule has 0 aliphatic rings. The molecule has 0 atom stereocenters. The minimum atomic E-state index is 0.850. The number of rotatable bonds is 0. The molecule has 0 unspecified atom stereocenters. The first kappa shape index (κ1) is 7.04. The molecule has 0 fully saturated rings. The Balaban J connectivity index is 2.75. The van der Waals surface area contributed by atoms with E-state index in [1.54, 1.807) is 6.20 Å². The number of hydrogen-bond acceptors (Lipinski definition) is 2. The van der Waals surface area contributed by atoms with Crippen LogP contribution >= 0.6 is 11.3 Å². The third-order valence-corrected chi connectivity index (χ3v) is 1.50. The first-order valence-electron chi connectivity index (χ1n) is 2.86. The molecule has 0 aromatic carbocycles. The molecule has 0 saturated carbocycles. The summed E-state index contributed by atoms with van der Waals surface area (Å²) >= 11 is 1.54. The van der Waals surface area contributed by atoms with Gasteiger partial charge in [0.2, 0.25) is 0 Å². The molecule has 0 N–H and O–H groups in total. The maximum absolute atomic E-state index is 3.99. The normalized spacial score (nSPS) is 8.10. The lowest BCUT2D eigenvalue weighted by Crippen LogP contribution is -1.67. The van der Waals surface area contributed by atoms with Crippen LogP contribution in [0.25, 0.3) is 0 Å². The quantitative estimate of drug-likeness (QED) is 0.514. The number of nitrogens with zero attached hydrogens (tertiary/aromatic N) is 1. The Labute approximate surface area is 64.4 Å². The summed E-state index contributed by atoms with van der Waals surface area (Å²) in [4.78, 5) is 3.99. The Kier molecular flexibility index (Phi) is 2.24. The number of aromatic nitrogens is 1. The largest absolute Gasteiger partial charge is 0.236 e. The van der Waals surface area contributed by atoms with Crippen molar-refractivity contribution in [3.63, 3.8) is 0 Å². The minimum absolute atomic E-state index is 0.850. The highest BCUT2D eigenvalue weighted by Crippen LogP contribution is 2.00. The summed E-state index contributed by atoms with van der Waals surface area (Å²) in [6.07, 6.45) is 1.74. The lowest BCUT2D eigenvalue weighted by atomic mass is 10.3. The van der Waals surface area contributed by atoms with Crippen molar-refractivity contribution in [2.24, 2.45) is 0 Å². The second-order valence-corrected chi connectivity index (χ2v) is 2.76. The van der Waals surface area contributed by atoms with Gasteiger partial charge in [-0.3, -0.25) is 0 Å². The van der Waals surface area contributed by atoms with Crippen molar-refractivity contribution in [2.45, 2.75) is 6.92 Å². The van der Waals surface area contributed by atoms with Gasteiger partial charge in [0.05, 0.1) is 0 Å². The summed E-state index contributed by atoms with van der Waals surface area (Å²) in [6.45, 7) is 5.53. The Morgan fingerprint density at radius 2 is 2.60 bits per heavy atom. The molecule has 10 heavy (non-hydrogen) atoms. The second-order valence-electron chi connectivity index (χ2n) is 1.87. The van der Waals surface area contributed by atoms with Crippen LogP contribution in [0.5, 0.6) is 0 Å². The van der Waals surface area contributed by atoms with Crippen LogP contribution in [0.4, 0.5) is 0 Å². The van der Waals surface area contributed by atoms with Gasteiger partial charge in [0, 0.05) is 11.6 Å². The number of thiazole rings is 1. The highest BCUT2D eigenvalue weighted by atomic mass is 32.1. The van der Waals surface area contributed by atoms with E-state index in [-0.39, 0.29) is 0 Å². The van der Waals surface area contributed by atoms with Crippen LogP contribution in [-0.2, 0) is 0 Å². The van der Waals surface area contributed by atoms with Crippen LogP contribution in [0.2, 0.25) is 0 Å². The van der Waals surface area contributed by atoms with Gasteiger partial charge in [-0.25, -0.2) is 4.98 Å². The van der Waals surface area contributed by atoms with Gasteiger partial charge in [-0.1, -0.05) is 12.5 Å². The third-order valence-electron chi connectivity index (χ3n) is 0.815. The van der Waals surface area contributed by atoms with E-state index in [0.29, 0.717) is 0 Å². The molecule has 50 valence electrons. The van der Waals surface area contributed by atoms with Crippen molar-refractivity contribution in [3.05, 3.63) is 28.7 Å². The van der Waals surface area contributed by atoms with Crippen molar-refractivity contribution >= 4 is 11.3 Å². The molecule has 0 spiro atoms. The topological polar surface area (TPSA) is 12.9 Å². The smallest absolute Gasteiger partial charge is 0.167 e. The van der Waals surface area contributed by atoms with E-state index < -0.39 is 0 Å². The first-order chi connectivity index (χ1) is 4.79.